The van der Waals surface area contributed by atoms with Crippen LogP contribution in [0.15, 0.2) is 24.3 Å². The number of rotatable bonds is 8. The van der Waals surface area contributed by atoms with Crippen LogP contribution in [0.4, 0.5) is 5.69 Å². The third-order valence-electron chi connectivity index (χ3n) is 2.61. The topological polar surface area (TPSA) is 116 Å². The molecule has 1 aromatic rings. The van der Waals surface area contributed by atoms with Crippen molar-refractivity contribution >= 4 is 27.3 Å². The summed E-state index contributed by atoms with van der Waals surface area (Å²) in [7, 11) is -2.13. The molecule has 116 valence electrons. The maximum atomic E-state index is 11.8. The van der Waals surface area contributed by atoms with E-state index in [2.05, 4.69) is 5.32 Å². The SMILES string of the molecule is COc1ccccc1NC(=O)CS(=O)(=O)CCCC(N)=O. The van der Waals surface area contributed by atoms with E-state index < -0.39 is 27.4 Å². The predicted octanol–water partition coefficient (Wildman–Crippen LogP) is 0.314. The number of carbonyl (C=O) groups excluding carboxylic acids is 2. The Morgan fingerprint density at radius 2 is 1.95 bits per heavy atom. The number of para-hydroxylation sites is 2. The quantitative estimate of drug-likeness (QED) is 0.716. The van der Waals surface area contributed by atoms with Gasteiger partial charge in [-0.3, -0.25) is 9.59 Å². The Labute approximate surface area is 123 Å². The van der Waals surface area contributed by atoms with Crippen LogP contribution in [0, 0.1) is 0 Å². The smallest absolute Gasteiger partial charge is 0.239 e. The molecular formula is C13H18N2O5S. The average molecular weight is 314 g/mol. The number of anilines is 1. The van der Waals surface area contributed by atoms with Crippen molar-refractivity contribution in [3.05, 3.63) is 24.3 Å². The van der Waals surface area contributed by atoms with Gasteiger partial charge in [0.2, 0.25) is 11.8 Å². The summed E-state index contributed by atoms with van der Waals surface area (Å²) in [5, 5.41) is 2.48. The van der Waals surface area contributed by atoms with Crippen molar-refractivity contribution in [2.45, 2.75) is 12.8 Å². The van der Waals surface area contributed by atoms with Crippen molar-refractivity contribution in [3.63, 3.8) is 0 Å². The van der Waals surface area contributed by atoms with Gasteiger partial charge in [-0.2, -0.15) is 0 Å². The van der Waals surface area contributed by atoms with Gasteiger partial charge in [0.15, 0.2) is 9.84 Å². The lowest BCUT2D eigenvalue weighted by Gasteiger charge is -2.10. The highest BCUT2D eigenvalue weighted by Gasteiger charge is 2.17. The zero-order valence-electron chi connectivity index (χ0n) is 11.7. The van der Waals surface area contributed by atoms with E-state index in [0.29, 0.717) is 11.4 Å². The largest absolute Gasteiger partial charge is 0.495 e. The second kappa shape index (κ2) is 7.63. The van der Waals surface area contributed by atoms with Crippen molar-refractivity contribution in [3.8, 4) is 5.75 Å². The van der Waals surface area contributed by atoms with Gasteiger partial charge in [0.1, 0.15) is 11.5 Å². The Balaban J connectivity index is 2.58. The fourth-order valence-corrected chi connectivity index (χ4v) is 2.87. The number of primary amides is 1. The maximum Gasteiger partial charge on any atom is 0.239 e. The van der Waals surface area contributed by atoms with Gasteiger partial charge >= 0.3 is 0 Å². The molecule has 7 nitrogen and oxygen atoms in total. The van der Waals surface area contributed by atoms with E-state index in [1.54, 1.807) is 24.3 Å². The lowest BCUT2D eigenvalue weighted by Crippen LogP contribution is -2.25. The molecule has 0 spiro atoms. The van der Waals surface area contributed by atoms with Gasteiger partial charge in [-0.05, 0) is 18.6 Å². The second-order valence-corrected chi connectivity index (χ2v) is 6.59. The number of methoxy groups -OCH3 is 1. The summed E-state index contributed by atoms with van der Waals surface area (Å²) >= 11 is 0. The number of sulfone groups is 1. The minimum absolute atomic E-state index is 0.0205. The average Bonchev–Trinajstić information content (AvgIpc) is 2.37. The van der Waals surface area contributed by atoms with E-state index in [1.165, 1.54) is 7.11 Å². The van der Waals surface area contributed by atoms with E-state index >= 15 is 0 Å². The van der Waals surface area contributed by atoms with Gasteiger partial charge in [0, 0.05) is 6.42 Å². The van der Waals surface area contributed by atoms with Crippen LogP contribution in [0.25, 0.3) is 0 Å². The van der Waals surface area contributed by atoms with Gasteiger partial charge in [-0.15, -0.1) is 0 Å². The van der Waals surface area contributed by atoms with Crippen LogP contribution in [-0.4, -0.2) is 38.8 Å². The third-order valence-corrected chi connectivity index (χ3v) is 4.22. The number of hydrogen-bond acceptors (Lipinski definition) is 5. The molecule has 0 bridgehead atoms. The fourth-order valence-electron chi connectivity index (χ4n) is 1.67. The van der Waals surface area contributed by atoms with Crippen LogP contribution >= 0.6 is 0 Å². The Bertz CT molecular complexity index is 613. The summed E-state index contributed by atoms with van der Waals surface area (Å²) < 4.78 is 28.5. The maximum absolute atomic E-state index is 11.8. The summed E-state index contributed by atoms with van der Waals surface area (Å²) in [6.45, 7) is 0. The van der Waals surface area contributed by atoms with E-state index in [9.17, 15) is 18.0 Å². The molecule has 0 aliphatic carbocycles. The van der Waals surface area contributed by atoms with Gasteiger partial charge < -0.3 is 15.8 Å². The molecule has 0 fully saturated rings. The van der Waals surface area contributed by atoms with E-state index in [4.69, 9.17) is 10.5 Å². The van der Waals surface area contributed by atoms with Gasteiger partial charge in [0.05, 0.1) is 18.6 Å². The molecular weight excluding hydrogens is 296 g/mol. The number of nitrogens with one attached hydrogen (secondary N) is 1. The Morgan fingerprint density at radius 3 is 2.57 bits per heavy atom. The van der Waals surface area contributed by atoms with E-state index in [0.717, 1.165) is 0 Å². The molecule has 0 saturated heterocycles. The number of hydrogen-bond donors (Lipinski definition) is 2. The van der Waals surface area contributed by atoms with Crippen LogP contribution in [0.5, 0.6) is 5.75 Å². The van der Waals surface area contributed by atoms with Crippen LogP contribution in [0.2, 0.25) is 0 Å². The number of carbonyl (C=O) groups is 2. The van der Waals surface area contributed by atoms with E-state index in [1.807, 2.05) is 0 Å². The molecule has 0 heterocycles. The highest BCUT2D eigenvalue weighted by molar-refractivity contribution is 7.92. The molecule has 8 heteroatoms. The molecule has 0 aliphatic rings. The molecule has 1 aromatic carbocycles. The van der Waals surface area contributed by atoms with Crippen LogP contribution in [-0.2, 0) is 19.4 Å². The molecule has 0 aromatic heterocycles. The van der Waals surface area contributed by atoms with E-state index in [-0.39, 0.29) is 18.6 Å². The highest BCUT2D eigenvalue weighted by atomic mass is 32.2. The summed E-state index contributed by atoms with van der Waals surface area (Å²) in [6, 6.07) is 6.68. The van der Waals surface area contributed by atoms with Crippen molar-refractivity contribution in [1.82, 2.24) is 0 Å². The summed E-state index contributed by atoms with van der Waals surface area (Å²) in [6.07, 6.45) is 0.0902. The number of benzene rings is 1. The standard InChI is InChI=1S/C13H18N2O5S/c1-20-11-6-3-2-5-10(11)15-13(17)9-21(18,19)8-4-7-12(14)16/h2-3,5-6H,4,7-9H2,1H3,(H2,14,16)(H,15,17). The van der Waals surface area contributed by atoms with Crippen molar-refractivity contribution in [1.29, 1.82) is 0 Å². The molecule has 0 unspecified atom stereocenters. The first kappa shape index (κ1) is 17.0. The minimum Gasteiger partial charge on any atom is -0.495 e. The number of amides is 2. The fraction of sp³-hybridized carbons (Fsp3) is 0.385. The molecule has 0 aliphatic heterocycles. The zero-order valence-corrected chi connectivity index (χ0v) is 12.5. The molecule has 0 radical (unpaired) electrons. The Kier molecular flexibility index (Phi) is 6.16. The summed E-state index contributed by atoms with van der Waals surface area (Å²) in [5.41, 5.74) is 5.33. The van der Waals surface area contributed by atoms with Crippen LogP contribution < -0.4 is 15.8 Å². The molecule has 0 saturated carbocycles. The molecule has 0 atom stereocenters. The summed E-state index contributed by atoms with van der Waals surface area (Å²) in [5.74, 6) is -1.68. The van der Waals surface area contributed by atoms with Crippen LogP contribution in [0.1, 0.15) is 12.8 Å². The lowest BCUT2D eigenvalue weighted by atomic mass is 10.3. The highest BCUT2D eigenvalue weighted by Crippen LogP contribution is 2.22. The monoisotopic (exact) mass is 314 g/mol. The summed E-state index contributed by atoms with van der Waals surface area (Å²) in [4.78, 5) is 22.3. The predicted molar refractivity (Wildman–Crippen MR) is 78.7 cm³/mol. The molecule has 1 rings (SSSR count). The number of nitrogens with two attached hydrogens (primary N) is 1. The Morgan fingerprint density at radius 1 is 1.29 bits per heavy atom. The molecule has 2 amide bonds. The molecule has 21 heavy (non-hydrogen) atoms. The zero-order chi connectivity index (χ0) is 15.9. The van der Waals surface area contributed by atoms with Crippen LogP contribution in [0.3, 0.4) is 0 Å². The van der Waals surface area contributed by atoms with Gasteiger partial charge in [-0.1, -0.05) is 12.1 Å². The Hall–Kier alpha value is -2.09. The van der Waals surface area contributed by atoms with Crippen molar-refractivity contribution in [2.75, 3.05) is 23.9 Å². The normalized spacial score (nSPS) is 10.9. The minimum atomic E-state index is -3.58. The van der Waals surface area contributed by atoms with Crippen molar-refractivity contribution < 1.29 is 22.7 Å². The third kappa shape index (κ3) is 6.26. The number of ether oxygens (including phenoxy) is 1. The van der Waals surface area contributed by atoms with Crippen molar-refractivity contribution in [2.24, 2.45) is 5.73 Å². The lowest BCUT2D eigenvalue weighted by molar-refractivity contribution is -0.118. The van der Waals surface area contributed by atoms with Gasteiger partial charge in [-0.25, -0.2) is 8.42 Å². The first-order valence-electron chi connectivity index (χ1n) is 6.25. The second-order valence-electron chi connectivity index (χ2n) is 4.41. The first-order valence-corrected chi connectivity index (χ1v) is 8.08. The van der Waals surface area contributed by atoms with Gasteiger partial charge in [0.25, 0.3) is 0 Å². The first-order chi connectivity index (χ1) is 9.84. The molecule has 3 N–H and O–H groups in total.